The van der Waals surface area contributed by atoms with Crippen molar-refractivity contribution in [2.45, 2.75) is 12.3 Å². The molecule has 0 heterocycles. The summed E-state index contributed by atoms with van der Waals surface area (Å²) < 4.78 is 30.6. The molecule has 0 aromatic heterocycles. The molecule has 89 valence electrons. The second-order valence-corrected chi connectivity index (χ2v) is 5.17. The Bertz CT molecular complexity index is 496. The number of halogens is 1. The molecule has 9 heteroatoms. The molecule has 0 bridgehead atoms. The number of nitroso groups, excluding NO2 is 1. The van der Waals surface area contributed by atoms with Gasteiger partial charge in [0.2, 0.25) is 0 Å². The fraction of sp³-hybridized carbons (Fsp3) is 0.250. The fourth-order valence-electron chi connectivity index (χ4n) is 1.07. The van der Waals surface area contributed by atoms with Crippen LogP contribution in [-0.2, 0) is 10.1 Å². The molecule has 0 aliphatic heterocycles. The summed E-state index contributed by atoms with van der Waals surface area (Å²) in [5.41, 5.74) is 0.188. The van der Waals surface area contributed by atoms with Crippen LogP contribution in [0.25, 0.3) is 0 Å². The number of rotatable bonds is 4. The van der Waals surface area contributed by atoms with Crippen molar-refractivity contribution in [3.05, 3.63) is 34.2 Å². The number of benzene rings is 1. The molecule has 6 nitrogen and oxygen atoms in total. The Morgan fingerprint density at radius 2 is 2.06 bits per heavy atom. The molecular formula is C8H9ClN2NaO4S. The molecule has 1 aromatic rings. The Morgan fingerprint density at radius 1 is 1.47 bits per heavy atom. The van der Waals surface area contributed by atoms with E-state index >= 15 is 0 Å². The van der Waals surface area contributed by atoms with Crippen molar-refractivity contribution >= 4 is 57.0 Å². The Hall–Kier alpha value is -0.180. The molecule has 1 radical (unpaired) electrons. The van der Waals surface area contributed by atoms with Crippen molar-refractivity contribution in [2.24, 2.45) is 5.29 Å². The minimum absolute atomic E-state index is 0. The second kappa shape index (κ2) is 6.67. The van der Waals surface area contributed by atoms with E-state index in [0.717, 1.165) is 6.92 Å². The molecule has 17 heavy (non-hydrogen) atoms. The van der Waals surface area contributed by atoms with Crippen LogP contribution >= 0.6 is 11.6 Å². The van der Waals surface area contributed by atoms with E-state index in [2.05, 4.69) is 5.29 Å². The third-order valence-corrected chi connectivity index (χ3v) is 3.23. The third kappa shape index (κ3) is 4.53. The van der Waals surface area contributed by atoms with Crippen molar-refractivity contribution in [3.63, 3.8) is 0 Å². The molecule has 0 saturated carbocycles. The summed E-state index contributed by atoms with van der Waals surface area (Å²) in [4.78, 5) is 10.6. The first-order valence-electron chi connectivity index (χ1n) is 4.20. The Labute approximate surface area is 126 Å². The number of anilines is 1. The van der Waals surface area contributed by atoms with Gasteiger partial charge in [0, 0.05) is 34.6 Å². The van der Waals surface area contributed by atoms with Crippen LogP contribution in [0.1, 0.15) is 6.92 Å². The molecule has 1 N–H and O–H groups in total. The summed E-state index contributed by atoms with van der Waals surface area (Å²) in [6, 6.07) is 5.91. The maximum Gasteiger partial charge on any atom is 0.288 e. The van der Waals surface area contributed by atoms with Crippen LogP contribution in [0.2, 0.25) is 5.02 Å². The van der Waals surface area contributed by atoms with E-state index in [1.54, 1.807) is 6.07 Å². The predicted molar refractivity (Wildman–Crippen MR) is 66.5 cm³/mol. The van der Waals surface area contributed by atoms with Gasteiger partial charge in [-0.1, -0.05) is 17.7 Å². The molecule has 0 saturated heterocycles. The van der Waals surface area contributed by atoms with Crippen molar-refractivity contribution < 1.29 is 13.0 Å². The normalized spacial score (nSPS) is 12.4. The van der Waals surface area contributed by atoms with Gasteiger partial charge in [-0.3, -0.25) is 4.55 Å². The smallest absolute Gasteiger partial charge is 0.284 e. The second-order valence-electron chi connectivity index (χ2n) is 3.02. The van der Waals surface area contributed by atoms with E-state index < -0.39 is 15.5 Å². The van der Waals surface area contributed by atoms with Crippen LogP contribution in [0.4, 0.5) is 5.69 Å². The van der Waals surface area contributed by atoms with Crippen LogP contribution in [0.3, 0.4) is 0 Å². The van der Waals surface area contributed by atoms with Crippen molar-refractivity contribution in [2.75, 3.05) is 5.01 Å². The molecule has 0 fully saturated rings. The van der Waals surface area contributed by atoms with Crippen LogP contribution in [0, 0.1) is 4.91 Å². The molecular weight excluding hydrogens is 279 g/mol. The Balaban J connectivity index is 0.00000256. The van der Waals surface area contributed by atoms with E-state index in [1.165, 1.54) is 18.2 Å². The van der Waals surface area contributed by atoms with Crippen LogP contribution in [-0.4, -0.2) is 47.9 Å². The van der Waals surface area contributed by atoms with E-state index in [1.807, 2.05) is 0 Å². The van der Waals surface area contributed by atoms with E-state index in [0.29, 0.717) is 10.0 Å². The molecule has 1 unspecified atom stereocenters. The van der Waals surface area contributed by atoms with Gasteiger partial charge >= 0.3 is 0 Å². The van der Waals surface area contributed by atoms with Gasteiger partial charge in [-0.25, -0.2) is 5.01 Å². The summed E-state index contributed by atoms with van der Waals surface area (Å²) in [6.45, 7) is 1.14. The standard InChI is InChI=1S/C8H9ClN2O4S.Na/c1-6(16(13,14)15)11(10-12)8-4-2-3-7(9)5-8;/h2-6H,1H3,(H,13,14,15);. The number of nitrogens with zero attached hydrogens (tertiary/aromatic N) is 2. The summed E-state index contributed by atoms with van der Waals surface area (Å²) in [5.74, 6) is 0. The quantitative estimate of drug-likeness (QED) is 0.394. The van der Waals surface area contributed by atoms with Crippen molar-refractivity contribution in [1.29, 1.82) is 0 Å². The fourth-order valence-corrected chi connectivity index (χ4v) is 1.67. The largest absolute Gasteiger partial charge is 0.288 e. The van der Waals surface area contributed by atoms with E-state index in [9.17, 15) is 13.3 Å². The summed E-state index contributed by atoms with van der Waals surface area (Å²) in [5, 5.41) is 2.04. The minimum atomic E-state index is -4.39. The Morgan fingerprint density at radius 3 is 2.47 bits per heavy atom. The van der Waals surface area contributed by atoms with E-state index in [-0.39, 0.29) is 35.2 Å². The zero-order valence-electron chi connectivity index (χ0n) is 9.24. The van der Waals surface area contributed by atoms with Gasteiger partial charge in [0.15, 0.2) is 5.37 Å². The van der Waals surface area contributed by atoms with Gasteiger partial charge in [-0.15, -0.1) is 4.91 Å². The van der Waals surface area contributed by atoms with Gasteiger partial charge in [-0.05, 0) is 25.1 Å². The number of hydrogen-bond donors (Lipinski definition) is 1. The summed E-state index contributed by atoms with van der Waals surface area (Å²) in [6.07, 6.45) is 0. The third-order valence-electron chi connectivity index (χ3n) is 1.94. The maximum absolute atomic E-state index is 10.9. The molecule has 0 spiro atoms. The molecule has 0 aliphatic carbocycles. The molecule has 1 aromatic carbocycles. The minimum Gasteiger partial charge on any atom is -0.284 e. The van der Waals surface area contributed by atoms with Gasteiger partial charge in [0.25, 0.3) is 10.1 Å². The molecule has 0 aliphatic rings. The monoisotopic (exact) mass is 287 g/mol. The Kier molecular flexibility index (Phi) is 6.60. The first-order chi connectivity index (χ1) is 7.36. The van der Waals surface area contributed by atoms with Crippen molar-refractivity contribution in [3.8, 4) is 0 Å². The maximum atomic E-state index is 10.9. The zero-order chi connectivity index (χ0) is 12.3. The first kappa shape index (κ1) is 16.8. The first-order valence-corrected chi connectivity index (χ1v) is 6.08. The van der Waals surface area contributed by atoms with Gasteiger partial charge in [-0.2, -0.15) is 8.42 Å². The number of hydrogen-bond acceptors (Lipinski definition) is 4. The zero-order valence-corrected chi connectivity index (χ0v) is 12.8. The average Bonchev–Trinajstić information content (AvgIpc) is 2.17. The van der Waals surface area contributed by atoms with Crippen LogP contribution in [0.5, 0.6) is 0 Å². The predicted octanol–water partition coefficient (Wildman–Crippen LogP) is 1.68. The van der Waals surface area contributed by atoms with Gasteiger partial charge in [0.1, 0.15) is 0 Å². The van der Waals surface area contributed by atoms with Crippen molar-refractivity contribution in [1.82, 2.24) is 0 Å². The average molecular weight is 288 g/mol. The van der Waals surface area contributed by atoms with Gasteiger partial charge in [0.05, 0.1) is 11.0 Å². The SMILES string of the molecule is CC(N(N=O)c1cccc(Cl)c1)S(=O)(=O)O.[Na]. The van der Waals surface area contributed by atoms with Crippen LogP contribution < -0.4 is 5.01 Å². The molecule has 1 rings (SSSR count). The molecule has 0 amide bonds. The molecule has 1 atom stereocenters. The van der Waals surface area contributed by atoms with E-state index in [4.69, 9.17) is 16.2 Å². The topological polar surface area (TPSA) is 87.0 Å². The summed E-state index contributed by atoms with van der Waals surface area (Å²) >= 11 is 5.68. The van der Waals surface area contributed by atoms with Gasteiger partial charge < -0.3 is 0 Å². The van der Waals surface area contributed by atoms with Crippen LogP contribution in [0.15, 0.2) is 29.6 Å². The summed E-state index contributed by atoms with van der Waals surface area (Å²) in [7, 11) is -4.39.